The predicted molar refractivity (Wildman–Crippen MR) is 202 cm³/mol. The first-order valence-electron chi connectivity index (χ1n) is 17.6. The van der Waals surface area contributed by atoms with Crippen LogP contribution in [0, 0.1) is 0 Å². The van der Waals surface area contributed by atoms with Gasteiger partial charge in [0.1, 0.15) is 17.2 Å². The molecule has 4 aromatic heterocycles. The lowest BCUT2D eigenvalue weighted by Gasteiger charge is -2.40. The Balaban J connectivity index is 1.09. The van der Waals surface area contributed by atoms with Gasteiger partial charge in [0.15, 0.2) is 0 Å². The van der Waals surface area contributed by atoms with E-state index in [1.54, 1.807) is 12.4 Å². The van der Waals surface area contributed by atoms with Crippen molar-refractivity contribution >= 4 is 64.1 Å². The molecule has 1 aliphatic carbocycles. The number of hydrogen-bond donors (Lipinski definition) is 3. The predicted octanol–water partition coefficient (Wildman–Crippen LogP) is 6.16. The molecule has 13 heteroatoms. The number of aromatic nitrogens is 7. The summed E-state index contributed by atoms with van der Waals surface area (Å²) in [5, 5.41) is 13.9. The Morgan fingerprint density at radius 3 is 2.60 bits per heavy atom. The number of hydrogen-bond acceptors (Lipinski definition) is 10. The van der Waals surface area contributed by atoms with E-state index in [1.165, 1.54) is 36.9 Å². The van der Waals surface area contributed by atoms with Crippen LogP contribution in [0.4, 0.5) is 28.8 Å². The molecule has 1 saturated carbocycles. The van der Waals surface area contributed by atoms with Crippen molar-refractivity contribution in [3.8, 4) is 16.9 Å². The molecule has 1 saturated heterocycles. The van der Waals surface area contributed by atoms with Crippen LogP contribution in [0.2, 0.25) is 0 Å². The van der Waals surface area contributed by atoms with Crippen molar-refractivity contribution in [3.05, 3.63) is 60.8 Å². The van der Waals surface area contributed by atoms with Gasteiger partial charge in [-0.05, 0) is 50.4 Å². The average Bonchev–Trinajstić information content (AvgIpc) is 3.96. The van der Waals surface area contributed by atoms with Gasteiger partial charge in [-0.2, -0.15) is 15.1 Å². The van der Waals surface area contributed by atoms with E-state index in [9.17, 15) is 0 Å². The number of rotatable bonds is 8. The fourth-order valence-electron chi connectivity index (χ4n) is 8.09. The number of nitrogens with zero attached hydrogens (tertiary/aromatic N) is 8. The molecule has 2 fully saturated rings. The SMILES string of the molecule is Cn1cc(-c2cc(Nc3nc(Nc4ccc5nccnc5c4P(C)C)c4cc[nH]c4n3)c3c(c2N2CCN(C4CCCC4)CC2)CCO3)cn1. The third-order valence-electron chi connectivity index (χ3n) is 10.4. The van der Waals surface area contributed by atoms with Crippen LogP contribution in [-0.2, 0) is 13.5 Å². The molecular formula is C37H42N11OP. The van der Waals surface area contributed by atoms with E-state index in [0.717, 1.165) is 94.3 Å². The maximum Gasteiger partial charge on any atom is 0.231 e. The second kappa shape index (κ2) is 12.8. The van der Waals surface area contributed by atoms with Crippen LogP contribution >= 0.6 is 7.92 Å². The quantitative estimate of drug-likeness (QED) is 0.160. The van der Waals surface area contributed by atoms with Crippen LogP contribution in [0.1, 0.15) is 31.2 Å². The smallest absolute Gasteiger partial charge is 0.231 e. The molecule has 2 aromatic carbocycles. The van der Waals surface area contributed by atoms with Gasteiger partial charge in [0.25, 0.3) is 0 Å². The number of nitrogens with one attached hydrogen (secondary N) is 3. The van der Waals surface area contributed by atoms with E-state index in [-0.39, 0.29) is 0 Å². The number of anilines is 5. The molecule has 0 atom stereocenters. The highest BCUT2D eigenvalue weighted by Gasteiger charge is 2.32. The van der Waals surface area contributed by atoms with Crippen LogP contribution in [0.15, 0.2) is 55.2 Å². The zero-order valence-electron chi connectivity index (χ0n) is 28.8. The maximum atomic E-state index is 6.40. The van der Waals surface area contributed by atoms with Crippen molar-refractivity contribution in [3.63, 3.8) is 0 Å². The Morgan fingerprint density at radius 2 is 1.80 bits per heavy atom. The van der Waals surface area contributed by atoms with Crippen LogP contribution in [-0.4, -0.2) is 91.8 Å². The monoisotopic (exact) mass is 687 g/mol. The molecule has 3 N–H and O–H groups in total. The molecule has 9 rings (SSSR count). The fraction of sp³-hybridized carbons (Fsp3) is 0.378. The molecule has 2 aliphatic heterocycles. The van der Waals surface area contributed by atoms with Crippen molar-refractivity contribution in [1.82, 2.24) is 39.6 Å². The maximum absolute atomic E-state index is 6.40. The normalized spacial score (nSPS) is 16.8. The topological polar surface area (TPSA) is 125 Å². The van der Waals surface area contributed by atoms with Gasteiger partial charge in [-0.15, -0.1) is 0 Å². The fourth-order valence-corrected chi connectivity index (χ4v) is 9.30. The third kappa shape index (κ3) is 5.60. The Kier molecular flexibility index (Phi) is 8.00. The van der Waals surface area contributed by atoms with E-state index in [2.05, 4.69) is 67.2 Å². The minimum Gasteiger partial charge on any atom is -0.491 e. The van der Waals surface area contributed by atoms with Crippen LogP contribution in [0.3, 0.4) is 0 Å². The van der Waals surface area contributed by atoms with Gasteiger partial charge in [-0.1, -0.05) is 20.8 Å². The molecule has 3 aliphatic rings. The van der Waals surface area contributed by atoms with E-state index in [0.29, 0.717) is 18.4 Å². The van der Waals surface area contributed by atoms with Crippen molar-refractivity contribution in [1.29, 1.82) is 0 Å². The largest absolute Gasteiger partial charge is 0.491 e. The highest BCUT2D eigenvalue weighted by Crippen LogP contribution is 2.48. The third-order valence-corrected chi connectivity index (χ3v) is 11.8. The molecule has 6 heterocycles. The molecular weight excluding hydrogens is 645 g/mol. The van der Waals surface area contributed by atoms with Gasteiger partial charge in [0.05, 0.1) is 40.6 Å². The number of ether oxygens (including phenoxy) is 1. The van der Waals surface area contributed by atoms with Crippen molar-refractivity contribution in [2.75, 3.05) is 61.6 Å². The summed E-state index contributed by atoms with van der Waals surface area (Å²) in [6.45, 7) is 9.32. The molecule has 256 valence electrons. The summed E-state index contributed by atoms with van der Waals surface area (Å²) in [5.74, 6) is 2.07. The number of fused-ring (bicyclic) bond motifs is 3. The molecule has 0 radical (unpaired) electrons. The lowest BCUT2D eigenvalue weighted by molar-refractivity contribution is 0.187. The molecule has 50 heavy (non-hydrogen) atoms. The first-order valence-corrected chi connectivity index (χ1v) is 19.8. The molecule has 6 aromatic rings. The Bertz CT molecular complexity index is 2200. The minimum absolute atomic E-state index is 0.479. The number of aromatic amines is 1. The molecule has 0 unspecified atom stereocenters. The molecule has 0 spiro atoms. The van der Waals surface area contributed by atoms with Gasteiger partial charge in [0, 0.05) is 98.2 Å². The van der Waals surface area contributed by atoms with Gasteiger partial charge in [0.2, 0.25) is 5.95 Å². The van der Waals surface area contributed by atoms with Gasteiger partial charge < -0.3 is 25.3 Å². The number of aryl methyl sites for hydroxylation is 1. The zero-order chi connectivity index (χ0) is 33.8. The Morgan fingerprint density at radius 1 is 0.960 bits per heavy atom. The summed E-state index contributed by atoms with van der Waals surface area (Å²) in [7, 11) is 1.48. The lowest BCUT2D eigenvalue weighted by atomic mass is 9.97. The van der Waals surface area contributed by atoms with Gasteiger partial charge in [-0.3, -0.25) is 19.5 Å². The zero-order valence-corrected chi connectivity index (χ0v) is 29.7. The summed E-state index contributed by atoms with van der Waals surface area (Å²) >= 11 is 0. The van der Waals surface area contributed by atoms with E-state index >= 15 is 0 Å². The highest BCUT2D eigenvalue weighted by molar-refractivity contribution is 7.65. The number of benzene rings is 2. The summed E-state index contributed by atoms with van der Waals surface area (Å²) < 4.78 is 8.28. The highest BCUT2D eigenvalue weighted by atomic mass is 31.1. The van der Waals surface area contributed by atoms with Crippen molar-refractivity contribution in [2.45, 2.75) is 38.1 Å². The first-order chi connectivity index (χ1) is 24.5. The van der Waals surface area contributed by atoms with E-state index < -0.39 is 7.92 Å². The van der Waals surface area contributed by atoms with Gasteiger partial charge in [-0.25, -0.2) is 0 Å². The van der Waals surface area contributed by atoms with Crippen molar-refractivity contribution in [2.24, 2.45) is 7.05 Å². The van der Waals surface area contributed by atoms with E-state index in [1.807, 2.05) is 36.3 Å². The van der Waals surface area contributed by atoms with E-state index in [4.69, 9.17) is 19.7 Å². The Labute approximate surface area is 292 Å². The second-order valence-electron chi connectivity index (χ2n) is 13.8. The van der Waals surface area contributed by atoms with Crippen LogP contribution < -0.4 is 25.6 Å². The van der Waals surface area contributed by atoms with Gasteiger partial charge >= 0.3 is 0 Å². The number of piperazine rings is 1. The van der Waals surface area contributed by atoms with Crippen LogP contribution in [0.25, 0.3) is 33.2 Å². The second-order valence-corrected chi connectivity index (χ2v) is 16.0. The van der Waals surface area contributed by atoms with Crippen molar-refractivity contribution < 1.29 is 4.74 Å². The van der Waals surface area contributed by atoms with Crippen LogP contribution in [0.5, 0.6) is 5.75 Å². The molecule has 0 bridgehead atoms. The molecule has 12 nitrogen and oxygen atoms in total. The molecule has 0 amide bonds. The summed E-state index contributed by atoms with van der Waals surface area (Å²) in [4.78, 5) is 27.8. The average molecular weight is 688 g/mol. The summed E-state index contributed by atoms with van der Waals surface area (Å²) in [6.07, 6.45) is 15.7. The summed E-state index contributed by atoms with van der Waals surface area (Å²) in [5.41, 5.74) is 9.13. The number of H-pyrrole nitrogens is 1. The summed E-state index contributed by atoms with van der Waals surface area (Å²) in [6, 6.07) is 9.05. The standard InChI is InChI=1S/C37H42N11OP/c1-46-22-23(21-41-46)27-20-30(33-25(11-19-49-33)32(27)48-17-15-47(16-18-48)24-6-4-5-7-24)43-37-44-35-26(10-12-40-35)36(45-37)42-29-9-8-28-31(34(29)50(2)3)39-14-13-38-28/h8-10,12-14,20-22,24H,4-7,11,15-19H2,1-3H3,(H3,40,42,43,44,45). The minimum atomic E-state index is -0.495. The first kappa shape index (κ1) is 31.2. The lowest BCUT2D eigenvalue weighted by Crippen LogP contribution is -2.50. The Hall–Kier alpha value is -4.80.